The molecule has 1 atom stereocenters. The summed E-state index contributed by atoms with van der Waals surface area (Å²) < 4.78 is 2.12. The summed E-state index contributed by atoms with van der Waals surface area (Å²) in [5.74, 6) is -0.185. The second-order valence-electron chi connectivity index (χ2n) is 9.17. The highest BCUT2D eigenvalue weighted by molar-refractivity contribution is 6.39. The first kappa shape index (κ1) is 25.9. The first-order chi connectivity index (χ1) is 18.5. The van der Waals surface area contributed by atoms with Crippen LogP contribution in [0.3, 0.4) is 0 Å². The average Bonchev–Trinajstić information content (AvgIpc) is 3.42. The Bertz CT molecular complexity index is 1430. The van der Waals surface area contributed by atoms with E-state index < -0.39 is 6.03 Å². The summed E-state index contributed by atoms with van der Waals surface area (Å²) in [7, 11) is 0. The molecule has 0 bridgehead atoms. The molecule has 1 aliphatic rings. The Morgan fingerprint density at radius 3 is 2.26 bits per heavy atom. The van der Waals surface area contributed by atoms with Crippen LogP contribution in [-0.2, 0) is 4.79 Å². The van der Waals surface area contributed by atoms with Gasteiger partial charge in [0.15, 0.2) is 0 Å². The lowest BCUT2D eigenvalue weighted by atomic mass is 9.97. The molecule has 0 saturated heterocycles. The van der Waals surface area contributed by atoms with E-state index >= 15 is 0 Å². The lowest BCUT2D eigenvalue weighted by Gasteiger charge is -2.39. The van der Waals surface area contributed by atoms with Gasteiger partial charge in [-0.2, -0.15) is 0 Å². The Kier molecular flexibility index (Phi) is 7.72. The highest BCUT2D eigenvalue weighted by Crippen LogP contribution is 2.42. The highest BCUT2D eigenvalue weighted by atomic mass is 35.5. The number of hydrogen-bond donors (Lipinski definition) is 1. The topological polar surface area (TPSA) is 57.6 Å². The second kappa shape index (κ2) is 11.3. The number of amides is 3. The predicted octanol–water partition coefficient (Wildman–Crippen LogP) is 7.55. The number of carbonyl (C=O) groups excluding carboxylic acids is 2. The zero-order valence-corrected chi connectivity index (χ0v) is 22.5. The minimum absolute atomic E-state index is 0.105. The van der Waals surface area contributed by atoms with Crippen molar-refractivity contribution in [1.82, 2.24) is 9.47 Å². The van der Waals surface area contributed by atoms with Gasteiger partial charge in [0.25, 0.3) is 0 Å². The number of para-hydroxylation sites is 3. The monoisotopic (exact) mass is 546 g/mol. The number of nitrogens with zero attached hydrogens (tertiary/aromatic N) is 3. The van der Waals surface area contributed by atoms with Crippen molar-refractivity contribution in [3.05, 3.63) is 112 Å². The van der Waals surface area contributed by atoms with Crippen molar-refractivity contribution < 1.29 is 9.59 Å². The van der Waals surface area contributed by atoms with E-state index in [0.717, 1.165) is 35.5 Å². The number of halogens is 2. The van der Waals surface area contributed by atoms with Gasteiger partial charge in [0.05, 0.1) is 32.8 Å². The molecule has 38 heavy (non-hydrogen) atoms. The van der Waals surface area contributed by atoms with E-state index in [0.29, 0.717) is 22.3 Å². The Hall–Kier alpha value is -3.74. The molecular weight excluding hydrogens is 519 g/mol. The zero-order chi connectivity index (χ0) is 26.6. The predicted molar refractivity (Wildman–Crippen MR) is 154 cm³/mol. The van der Waals surface area contributed by atoms with Crippen molar-refractivity contribution >= 4 is 46.5 Å². The second-order valence-corrected chi connectivity index (χ2v) is 9.99. The van der Waals surface area contributed by atoms with Gasteiger partial charge >= 0.3 is 6.03 Å². The quantitative estimate of drug-likeness (QED) is 0.260. The van der Waals surface area contributed by atoms with Crippen LogP contribution in [-0.4, -0.2) is 34.5 Å². The summed E-state index contributed by atoms with van der Waals surface area (Å²) in [6.45, 7) is 2.35. The van der Waals surface area contributed by atoms with E-state index in [1.807, 2.05) is 84.8 Å². The third-order valence-corrected chi connectivity index (χ3v) is 7.32. The average molecular weight is 547 g/mol. The lowest BCUT2D eigenvalue weighted by molar-refractivity contribution is -0.119. The van der Waals surface area contributed by atoms with Crippen LogP contribution in [0.4, 0.5) is 16.2 Å². The molecular formula is C30H28Cl2N4O2. The molecule has 3 aromatic carbocycles. The summed E-state index contributed by atoms with van der Waals surface area (Å²) in [5.41, 5.74) is 4.01. The number of fused-ring (bicyclic) bond motifs is 3. The minimum atomic E-state index is -0.424. The van der Waals surface area contributed by atoms with Crippen LogP contribution in [0.5, 0.6) is 0 Å². The number of hydrogen-bond acceptors (Lipinski definition) is 2. The van der Waals surface area contributed by atoms with Crippen LogP contribution >= 0.6 is 23.2 Å². The standard InChI is InChI=1S/C30H28Cl2N4O2/c1-2-3-18-34(30(38)33-28-22(31)13-9-14-23(28)32)20-27(37)36-25-16-8-7-15-24(25)35-19-10-17-26(35)29(36)21-11-5-4-6-12-21/h4-17,19,29H,2-3,18,20H2,1H3,(H,33,38). The number of carbonyl (C=O) groups is 2. The van der Waals surface area contributed by atoms with Crippen LogP contribution in [0.2, 0.25) is 10.0 Å². The Morgan fingerprint density at radius 1 is 0.868 bits per heavy atom. The smallest absolute Gasteiger partial charge is 0.316 e. The lowest BCUT2D eigenvalue weighted by Crippen LogP contribution is -2.48. The van der Waals surface area contributed by atoms with Crippen LogP contribution in [0.1, 0.15) is 37.1 Å². The van der Waals surface area contributed by atoms with E-state index in [1.54, 1.807) is 18.2 Å². The number of anilines is 2. The molecule has 0 spiro atoms. The molecule has 1 aliphatic heterocycles. The molecule has 5 rings (SSSR count). The molecule has 6 nitrogen and oxygen atoms in total. The van der Waals surface area contributed by atoms with Gasteiger partial charge in [-0.05, 0) is 48.4 Å². The Balaban J connectivity index is 1.50. The molecule has 0 saturated carbocycles. The highest BCUT2D eigenvalue weighted by Gasteiger charge is 2.36. The van der Waals surface area contributed by atoms with Crippen molar-refractivity contribution in [2.45, 2.75) is 25.8 Å². The van der Waals surface area contributed by atoms with Crippen LogP contribution in [0.15, 0.2) is 91.1 Å². The largest absolute Gasteiger partial charge is 0.322 e. The molecule has 8 heteroatoms. The molecule has 0 aliphatic carbocycles. The summed E-state index contributed by atoms with van der Waals surface area (Å²) in [4.78, 5) is 30.9. The van der Waals surface area contributed by atoms with Crippen LogP contribution in [0, 0.1) is 0 Å². The summed E-state index contributed by atoms with van der Waals surface area (Å²) in [5, 5.41) is 3.49. The molecule has 3 amide bonds. The van der Waals surface area contributed by atoms with E-state index in [9.17, 15) is 9.59 Å². The Morgan fingerprint density at radius 2 is 1.55 bits per heavy atom. The van der Waals surface area contributed by atoms with E-state index in [-0.39, 0.29) is 18.5 Å². The maximum absolute atomic E-state index is 14.2. The summed E-state index contributed by atoms with van der Waals surface area (Å²) >= 11 is 12.6. The fourth-order valence-corrected chi connectivity index (χ4v) is 5.35. The van der Waals surface area contributed by atoms with Gasteiger partial charge in [0.2, 0.25) is 5.91 Å². The molecule has 1 N–H and O–H groups in total. The van der Waals surface area contributed by atoms with Gasteiger partial charge in [-0.25, -0.2) is 4.79 Å². The van der Waals surface area contributed by atoms with Crippen molar-refractivity contribution in [1.29, 1.82) is 0 Å². The van der Waals surface area contributed by atoms with Crippen molar-refractivity contribution in [2.24, 2.45) is 0 Å². The summed E-state index contributed by atoms with van der Waals surface area (Å²) in [6.07, 6.45) is 3.64. The van der Waals surface area contributed by atoms with Gasteiger partial charge < -0.3 is 14.8 Å². The van der Waals surface area contributed by atoms with Crippen LogP contribution < -0.4 is 10.2 Å². The first-order valence-electron chi connectivity index (χ1n) is 12.6. The fraction of sp³-hybridized carbons (Fsp3) is 0.200. The SMILES string of the molecule is CCCCN(CC(=O)N1c2ccccc2-n2cccc2C1c1ccccc1)C(=O)Nc1c(Cl)cccc1Cl. The van der Waals surface area contributed by atoms with Crippen molar-refractivity contribution in [3.63, 3.8) is 0 Å². The molecule has 1 unspecified atom stereocenters. The van der Waals surface area contributed by atoms with Gasteiger partial charge in [-0.1, -0.05) is 85.1 Å². The van der Waals surface area contributed by atoms with Gasteiger partial charge in [-0.3, -0.25) is 9.69 Å². The molecule has 0 fully saturated rings. The fourth-order valence-electron chi connectivity index (χ4n) is 4.86. The number of nitrogens with one attached hydrogen (secondary N) is 1. The summed E-state index contributed by atoms with van der Waals surface area (Å²) in [6, 6.07) is 26.1. The molecule has 2 heterocycles. The number of rotatable bonds is 7. The van der Waals surface area contributed by atoms with Gasteiger partial charge in [0.1, 0.15) is 12.6 Å². The van der Waals surface area contributed by atoms with E-state index in [1.165, 1.54) is 4.90 Å². The normalized spacial score (nSPS) is 14.0. The Labute approximate surface area is 232 Å². The van der Waals surface area contributed by atoms with E-state index in [4.69, 9.17) is 23.2 Å². The first-order valence-corrected chi connectivity index (χ1v) is 13.4. The molecule has 0 radical (unpaired) electrons. The molecule has 194 valence electrons. The van der Waals surface area contributed by atoms with Gasteiger partial charge in [-0.15, -0.1) is 0 Å². The van der Waals surface area contributed by atoms with Gasteiger partial charge in [0, 0.05) is 12.7 Å². The maximum Gasteiger partial charge on any atom is 0.322 e. The maximum atomic E-state index is 14.2. The zero-order valence-electron chi connectivity index (χ0n) is 21.0. The number of benzene rings is 3. The molecule has 1 aromatic heterocycles. The van der Waals surface area contributed by atoms with Crippen LogP contribution in [0.25, 0.3) is 5.69 Å². The third-order valence-electron chi connectivity index (χ3n) is 6.69. The number of urea groups is 1. The number of aromatic nitrogens is 1. The number of unbranched alkanes of at least 4 members (excludes halogenated alkanes) is 1. The van der Waals surface area contributed by atoms with Crippen molar-refractivity contribution in [2.75, 3.05) is 23.3 Å². The minimum Gasteiger partial charge on any atom is -0.316 e. The third kappa shape index (κ3) is 5.02. The van der Waals surface area contributed by atoms with E-state index in [2.05, 4.69) is 9.88 Å². The molecule has 4 aromatic rings. The van der Waals surface area contributed by atoms with Crippen molar-refractivity contribution in [3.8, 4) is 5.69 Å².